The maximum absolute atomic E-state index is 12.2. The van der Waals surface area contributed by atoms with E-state index in [9.17, 15) is 4.79 Å². The molecule has 1 aromatic carbocycles. The van der Waals surface area contributed by atoms with Crippen molar-refractivity contribution in [2.24, 2.45) is 0 Å². The van der Waals surface area contributed by atoms with E-state index < -0.39 is 0 Å². The Balaban J connectivity index is 2.12. The fourth-order valence-electron chi connectivity index (χ4n) is 2.54. The molecule has 0 fully saturated rings. The van der Waals surface area contributed by atoms with Gasteiger partial charge in [0.05, 0.1) is 0 Å². The molecule has 128 valence electrons. The van der Waals surface area contributed by atoms with Gasteiger partial charge in [-0.2, -0.15) is 0 Å². The molecule has 24 heavy (non-hydrogen) atoms. The van der Waals surface area contributed by atoms with E-state index in [2.05, 4.69) is 53.5 Å². The molecular weight excluding hydrogens is 302 g/mol. The number of aromatic nitrogens is 2. The summed E-state index contributed by atoms with van der Waals surface area (Å²) in [6, 6.07) is 5.90. The first-order valence-electron chi connectivity index (χ1n) is 7.96. The van der Waals surface area contributed by atoms with Crippen molar-refractivity contribution in [2.75, 3.05) is 32.5 Å². The third-order valence-corrected chi connectivity index (χ3v) is 3.67. The zero-order valence-electron chi connectivity index (χ0n) is 15.0. The number of aryl methyl sites for hydroxylation is 3. The minimum absolute atomic E-state index is 0.195. The van der Waals surface area contributed by atoms with Crippen molar-refractivity contribution in [1.29, 1.82) is 0 Å². The molecule has 0 unspecified atom stereocenters. The number of nitrogens with zero attached hydrogens (tertiary/aromatic N) is 3. The first-order chi connectivity index (χ1) is 11.4. The molecule has 2 rings (SSSR count). The molecule has 0 atom stereocenters. The quantitative estimate of drug-likeness (QED) is 0.853. The smallest absolute Gasteiger partial charge is 0.270 e. The lowest BCUT2D eigenvalue weighted by atomic mass is 10.1. The zero-order chi connectivity index (χ0) is 17.7. The van der Waals surface area contributed by atoms with E-state index in [1.807, 2.05) is 19.0 Å². The number of carbonyl (C=O) groups excluding carboxylic acids is 1. The lowest BCUT2D eigenvalue weighted by molar-refractivity contribution is 0.0946. The summed E-state index contributed by atoms with van der Waals surface area (Å²) in [6.45, 7) is 7.54. The molecule has 1 amide bonds. The van der Waals surface area contributed by atoms with Crippen LogP contribution in [-0.4, -0.2) is 48.0 Å². The van der Waals surface area contributed by atoms with E-state index in [0.29, 0.717) is 18.1 Å². The molecule has 2 aromatic rings. The summed E-state index contributed by atoms with van der Waals surface area (Å²) in [4.78, 5) is 22.5. The summed E-state index contributed by atoms with van der Waals surface area (Å²) in [5, 5.41) is 6.15. The summed E-state index contributed by atoms with van der Waals surface area (Å²) < 4.78 is 0. The maximum atomic E-state index is 12.2. The number of carbonyl (C=O) groups is 1. The number of likely N-dealkylation sites (N-methyl/N-ethyl adjacent to an activating group) is 1. The minimum atomic E-state index is -0.195. The van der Waals surface area contributed by atoms with E-state index in [1.54, 1.807) is 6.07 Å². The average Bonchev–Trinajstić information content (AvgIpc) is 2.50. The van der Waals surface area contributed by atoms with Crippen LogP contribution >= 0.6 is 0 Å². The third kappa shape index (κ3) is 4.76. The Bertz CT molecular complexity index is 704. The Morgan fingerprint density at radius 3 is 2.38 bits per heavy atom. The van der Waals surface area contributed by atoms with Gasteiger partial charge in [0.25, 0.3) is 5.91 Å². The fourth-order valence-corrected chi connectivity index (χ4v) is 2.54. The number of amides is 1. The van der Waals surface area contributed by atoms with Crippen LogP contribution in [0.1, 0.15) is 27.2 Å². The van der Waals surface area contributed by atoms with Crippen LogP contribution in [-0.2, 0) is 0 Å². The van der Waals surface area contributed by atoms with Crippen LogP contribution in [0.5, 0.6) is 0 Å². The molecule has 0 spiro atoms. The van der Waals surface area contributed by atoms with Gasteiger partial charge in [0, 0.05) is 24.8 Å². The van der Waals surface area contributed by atoms with Gasteiger partial charge in [-0.25, -0.2) is 9.97 Å². The average molecular weight is 327 g/mol. The van der Waals surface area contributed by atoms with E-state index in [0.717, 1.165) is 23.4 Å². The van der Waals surface area contributed by atoms with Crippen LogP contribution in [0.3, 0.4) is 0 Å². The second-order valence-electron chi connectivity index (χ2n) is 6.25. The summed E-state index contributed by atoms with van der Waals surface area (Å²) in [5.41, 5.74) is 4.87. The number of hydrogen-bond acceptors (Lipinski definition) is 5. The second-order valence-corrected chi connectivity index (χ2v) is 6.25. The molecule has 1 heterocycles. The van der Waals surface area contributed by atoms with Gasteiger partial charge in [-0.3, -0.25) is 4.79 Å². The number of hydrogen-bond donors (Lipinski definition) is 2. The van der Waals surface area contributed by atoms with Gasteiger partial charge in [0.2, 0.25) is 0 Å². The highest BCUT2D eigenvalue weighted by molar-refractivity contribution is 5.93. The summed E-state index contributed by atoms with van der Waals surface area (Å²) in [6.07, 6.45) is 1.40. The van der Waals surface area contributed by atoms with Crippen molar-refractivity contribution in [2.45, 2.75) is 20.8 Å². The molecule has 1 aromatic heterocycles. The third-order valence-electron chi connectivity index (χ3n) is 3.67. The molecule has 0 saturated heterocycles. The van der Waals surface area contributed by atoms with Crippen molar-refractivity contribution in [3.63, 3.8) is 0 Å². The largest absolute Gasteiger partial charge is 0.349 e. The predicted octanol–water partition coefficient (Wildman–Crippen LogP) is 2.44. The topological polar surface area (TPSA) is 70.2 Å². The van der Waals surface area contributed by atoms with Gasteiger partial charge in [0.1, 0.15) is 17.8 Å². The Hall–Kier alpha value is -2.47. The van der Waals surface area contributed by atoms with Crippen LogP contribution in [0.15, 0.2) is 24.5 Å². The fraction of sp³-hybridized carbons (Fsp3) is 0.389. The van der Waals surface area contributed by atoms with Gasteiger partial charge in [-0.15, -0.1) is 0 Å². The Labute approximate surface area is 143 Å². The molecular formula is C18H25N5O. The molecule has 0 bridgehead atoms. The predicted molar refractivity (Wildman–Crippen MR) is 96.9 cm³/mol. The number of benzene rings is 1. The van der Waals surface area contributed by atoms with E-state index >= 15 is 0 Å². The highest BCUT2D eigenvalue weighted by atomic mass is 16.1. The molecule has 0 aliphatic rings. The van der Waals surface area contributed by atoms with Gasteiger partial charge in [-0.05, 0) is 46.0 Å². The van der Waals surface area contributed by atoms with E-state index in [1.165, 1.54) is 11.9 Å². The Morgan fingerprint density at radius 1 is 1.08 bits per heavy atom. The van der Waals surface area contributed by atoms with Gasteiger partial charge >= 0.3 is 0 Å². The minimum Gasteiger partial charge on any atom is -0.349 e. The standard InChI is InChI=1S/C18H25N5O/c1-12-8-13(2)17(14(3)9-12)22-16-10-15(20-11-21-16)18(24)19-6-7-23(4)5/h8-11H,6-7H2,1-5H3,(H,19,24)(H,20,21,22). The Kier molecular flexibility index (Phi) is 5.87. The normalized spacial score (nSPS) is 10.8. The molecule has 2 N–H and O–H groups in total. The molecule has 0 radical (unpaired) electrons. The summed E-state index contributed by atoms with van der Waals surface area (Å²) in [7, 11) is 3.93. The monoisotopic (exact) mass is 327 g/mol. The first-order valence-corrected chi connectivity index (χ1v) is 7.96. The van der Waals surface area contributed by atoms with Crippen molar-refractivity contribution in [3.8, 4) is 0 Å². The highest BCUT2D eigenvalue weighted by Gasteiger charge is 2.10. The zero-order valence-corrected chi connectivity index (χ0v) is 15.0. The van der Waals surface area contributed by atoms with E-state index in [-0.39, 0.29) is 5.91 Å². The lowest BCUT2D eigenvalue weighted by Gasteiger charge is -2.14. The SMILES string of the molecule is Cc1cc(C)c(Nc2cc(C(=O)NCCN(C)C)ncn2)c(C)c1. The Morgan fingerprint density at radius 2 is 1.75 bits per heavy atom. The second kappa shape index (κ2) is 7.88. The molecule has 6 nitrogen and oxygen atoms in total. The van der Waals surface area contributed by atoms with Crippen molar-refractivity contribution in [3.05, 3.63) is 46.9 Å². The van der Waals surface area contributed by atoms with Crippen molar-refractivity contribution >= 4 is 17.4 Å². The van der Waals surface area contributed by atoms with Gasteiger partial charge in [0.15, 0.2) is 0 Å². The highest BCUT2D eigenvalue weighted by Crippen LogP contribution is 2.25. The van der Waals surface area contributed by atoms with Crippen LogP contribution < -0.4 is 10.6 Å². The van der Waals surface area contributed by atoms with Crippen LogP contribution in [0.2, 0.25) is 0 Å². The molecule has 0 saturated carbocycles. The van der Waals surface area contributed by atoms with Crippen molar-refractivity contribution in [1.82, 2.24) is 20.2 Å². The lowest BCUT2D eigenvalue weighted by Crippen LogP contribution is -2.31. The van der Waals surface area contributed by atoms with Gasteiger partial charge in [-0.1, -0.05) is 17.7 Å². The van der Waals surface area contributed by atoms with Crippen molar-refractivity contribution < 1.29 is 4.79 Å². The maximum Gasteiger partial charge on any atom is 0.270 e. The molecule has 0 aliphatic carbocycles. The number of anilines is 2. The number of rotatable bonds is 6. The summed E-state index contributed by atoms with van der Waals surface area (Å²) in [5.74, 6) is 0.414. The van der Waals surface area contributed by atoms with Crippen LogP contribution in [0.4, 0.5) is 11.5 Å². The molecule has 6 heteroatoms. The molecule has 0 aliphatic heterocycles. The van der Waals surface area contributed by atoms with Crippen LogP contribution in [0, 0.1) is 20.8 Å². The number of nitrogens with one attached hydrogen (secondary N) is 2. The summed E-state index contributed by atoms with van der Waals surface area (Å²) >= 11 is 0. The first kappa shape index (κ1) is 17.9. The van der Waals surface area contributed by atoms with Gasteiger partial charge < -0.3 is 15.5 Å². The van der Waals surface area contributed by atoms with E-state index in [4.69, 9.17) is 0 Å². The van der Waals surface area contributed by atoms with Crippen LogP contribution in [0.25, 0.3) is 0 Å².